The minimum Gasteiger partial charge on any atom is 0 e. The standard InChI is InChI=1S/C26H41NO2Si.3CO.Cr/c1-17(2)30(18(3)4,19(5)6)23-21(20-15-13-12-14-16-20)26(10,29-11)24(22(23)28)27-25(7,8)9;3*1-2;/h12-19H,1-11H3;;;;. The van der Waals surface area contributed by atoms with Crippen molar-refractivity contribution in [1.29, 1.82) is 0 Å². The Kier molecular flexibility index (Phi) is 19.2. The number of hydrogen-bond donors (Lipinski definition) is 0. The van der Waals surface area contributed by atoms with Crippen molar-refractivity contribution < 1.29 is 40.8 Å². The van der Waals surface area contributed by atoms with Crippen molar-refractivity contribution in [2.24, 2.45) is 4.99 Å². The third-order valence-electron chi connectivity index (χ3n) is 6.84. The second-order valence-corrected chi connectivity index (χ2v) is 16.5. The summed E-state index contributed by atoms with van der Waals surface area (Å²) in [6, 6.07) is 0. The number of carbonyl (C=O) groups excluding carboxylic acids is 1. The van der Waals surface area contributed by atoms with E-state index in [2.05, 4.69) is 74.3 Å². The van der Waals surface area contributed by atoms with E-state index in [0.29, 0.717) is 22.3 Å². The molecule has 0 aromatic heterocycles. The molecule has 6 radical (unpaired) electrons. The predicted molar refractivity (Wildman–Crippen MR) is 142 cm³/mol. The molecule has 0 aromatic rings. The molecule has 0 saturated heterocycles. The molecule has 0 heterocycles. The van der Waals surface area contributed by atoms with Crippen LogP contribution < -0.4 is 0 Å². The molecular weight excluding hydrogens is 522 g/mol. The van der Waals surface area contributed by atoms with Gasteiger partial charge in [-0.25, -0.2) is 0 Å². The number of ether oxygens (including phenoxy) is 1. The molecule has 0 bridgehead atoms. The van der Waals surface area contributed by atoms with Crippen molar-refractivity contribution in [2.75, 3.05) is 7.11 Å². The van der Waals surface area contributed by atoms with Crippen molar-refractivity contribution >= 4 is 19.6 Å². The Morgan fingerprint density at radius 1 is 0.865 bits per heavy atom. The number of methoxy groups -OCH3 is 1. The molecule has 1 fully saturated rings. The molecule has 0 aliphatic heterocycles. The molecule has 1 saturated carbocycles. The van der Waals surface area contributed by atoms with E-state index in [-0.39, 0.29) is 28.7 Å². The van der Waals surface area contributed by atoms with Gasteiger partial charge in [0.05, 0.1) is 13.6 Å². The van der Waals surface area contributed by atoms with Gasteiger partial charge in [0.1, 0.15) is 11.3 Å². The Balaban J connectivity index is -0.00000153. The molecule has 37 heavy (non-hydrogen) atoms. The third-order valence-corrected chi connectivity index (χ3v) is 13.9. The number of carbonyl (C=O) groups is 1. The second kappa shape index (κ2) is 17.6. The number of allylic oxidation sites excluding steroid dienone is 1. The summed E-state index contributed by atoms with van der Waals surface area (Å²) < 4.78 is 28.7. The van der Waals surface area contributed by atoms with Crippen LogP contribution in [0.4, 0.5) is 0 Å². The zero-order valence-corrected chi connectivity index (χ0v) is 26.3. The summed E-state index contributed by atoms with van der Waals surface area (Å²) in [5.74, 6) is 1.18. The molecule has 1 atom stereocenters. The molecule has 2 aliphatic carbocycles. The maximum Gasteiger partial charge on any atom is 0 e. The SMILES string of the molecule is COC1(C)C(=NC(C)(C)C)C(=O)C([Si](C(C)C)(C(C)C)C(C)C)=C1[C]1[CH][CH][CH][CH][CH]1.[C-]#[O+].[C-]#[O+].[C-]#[O+].[Cr]. The Morgan fingerprint density at radius 3 is 1.54 bits per heavy atom. The maximum atomic E-state index is 14.3. The predicted octanol–water partition coefficient (Wildman–Crippen LogP) is 6.22. The van der Waals surface area contributed by atoms with Gasteiger partial charge >= 0.3 is 33.9 Å². The molecule has 0 aromatic carbocycles. The maximum absolute atomic E-state index is 14.3. The first-order valence-electron chi connectivity index (χ1n) is 11.9. The first-order valence-corrected chi connectivity index (χ1v) is 14.1. The van der Waals surface area contributed by atoms with Gasteiger partial charge in [0.2, 0.25) is 5.78 Å². The Hall–Kier alpha value is -0.991. The molecule has 202 valence electrons. The van der Waals surface area contributed by atoms with Crippen molar-refractivity contribution in [3.63, 3.8) is 0 Å². The summed E-state index contributed by atoms with van der Waals surface area (Å²) in [7, 11) is -0.547. The van der Waals surface area contributed by atoms with Gasteiger partial charge in [0.25, 0.3) is 0 Å². The van der Waals surface area contributed by atoms with E-state index in [1.54, 1.807) is 7.11 Å². The summed E-state index contributed by atoms with van der Waals surface area (Å²) in [6.45, 7) is 35.5. The molecule has 2 rings (SSSR count). The molecule has 0 spiro atoms. The van der Waals surface area contributed by atoms with Crippen LogP contribution in [0.2, 0.25) is 16.6 Å². The fourth-order valence-corrected chi connectivity index (χ4v) is 12.9. The van der Waals surface area contributed by atoms with Crippen molar-refractivity contribution in [3.8, 4) is 0 Å². The molecular formula is C29H41CrNO5Si. The van der Waals surface area contributed by atoms with Crippen LogP contribution in [0, 0.1) is 58.0 Å². The van der Waals surface area contributed by atoms with E-state index in [0.717, 1.165) is 16.7 Å². The second-order valence-electron chi connectivity index (χ2n) is 10.7. The Bertz CT molecular complexity index is 807. The van der Waals surface area contributed by atoms with Crippen LogP contribution in [-0.2, 0) is 40.8 Å². The first-order chi connectivity index (χ1) is 16.7. The Labute approximate surface area is 237 Å². The van der Waals surface area contributed by atoms with Crippen LogP contribution in [0.25, 0.3) is 0 Å². The molecule has 8 heteroatoms. The van der Waals surface area contributed by atoms with E-state index in [1.807, 2.05) is 47.0 Å². The van der Waals surface area contributed by atoms with Crippen LogP contribution in [-0.4, -0.2) is 37.8 Å². The van der Waals surface area contributed by atoms with E-state index < -0.39 is 13.7 Å². The quantitative estimate of drug-likeness (QED) is 0.218. The van der Waals surface area contributed by atoms with Gasteiger partial charge in [-0.15, -0.1) is 0 Å². The molecule has 1 unspecified atom stereocenters. The normalized spacial score (nSPS) is 21.4. The van der Waals surface area contributed by atoms with Crippen LogP contribution in [0.3, 0.4) is 0 Å². The zero-order chi connectivity index (χ0) is 29.1. The number of Topliss-reactive ketones (excluding diaryl/α,β-unsaturated/α-hetero) is 1. The molecule has 2 aliphatic rings. The summed E-state index contributed by atoms with van der Waals surface area (Å²) >= 11 is 0. The molecule has 6 nitrogen and oxygen atoms in total. The zero-order valence-electron chi connectivity index (χ0n) is 24.0. The van der Waals surface area contributed by atoms with Gasteiger partial charge in [-0.3, -0.25) is 9.79 Å². The summed E-state index contributed by atoms with van der Waals surface area (Å²) in [5.41, 5.74) is 1.66. The van der Waals surface area contributed by atoms with E-state index in [9.17, 15) is 4.79 Å². The van der Waals surface area contributed by atoms with Gasteiger partial charge in [0.15, 0.2) is 0 Å². The van der Waals surface area contributed by atoms with Gasteiger partial charge in [-0.05, 0) is 87.2 Å². The van der Waals surface area contributed by atoms with Gasteiger partial charge in [-0.2, -0.15) is 0 Å². The fourth-order valence-electron chi connectivity index (χ4n) is 5.80. The van der Waals surface area contributed by atoms with Crippen molar-refractivity contribution in [2.45, 2.75) is 97.0 Å². The molecule has 0 amide bonds. The van der Waals surface area contributed by atoms with Gasteiger partial charge in [0, 0.05) is 30.4 Å². The number of ketones is 1. The minimum absolute atomic E-state index is 0. The molecule has 0 N–H and O–H groups in total. The first kappa shape index (κ1) is 40.5. The van der Waals surface area contributed by atoms with Crippen LogP contribution in [0.15, 0.2) is 15.8 Å². The summed E-state index contributed by atoms with van der Waals surface area (Å²) in [4.78, 5) is 19.2. The van der Waals surface area contributed by atoms with E-state index >= 15 is 0 Å². The average molecular weight is 564 g/mol. The van der Waals surface area contributed by atoms with Gasteiger partial charge < -0.3 is 4.74 Å². The van der Waals surface area contributed by atoms with Gasteiger partial charge in [-0.1, -0.05) is 41.5 Å². The minimum atomic E-state index is -2.26. The van der Waals surface area contributed by atoms with Crippen molar-refractivity contribution in [3.05, 3.63) is 68.7 Å². The third kappa shape index (κ3) is 8.50. The number of rotatable bonds is 6. The number of nitrogens with zero attached hydrogens (tertiary/aromatic N) is 1. The van der Waals surface area contributed by atoms with E-state index in [4.69, 9.17) is 23.7 Å². The average Bonchev–Trinajstić information content (AvgIpc) is 3.04. The fraction of sp³-hybridized carbons (Fsp3) is 0.552. The van der Waals surface area contributed by atoms with Crippen LogP contribution in [0.1, 0.15) is 69.2 Å². The summed E-state index contributed by atoms with van der Waals surface area (Å²) in [5, 5.41) is 1.03. The topological polar surface area (TPSA) is 98.4 Å². The van der Waals surface area contributed by atoms with E-state index in [1.165, 1.54) is 0 Å². The van der Waals surface area contributed by atoms with Crippen molar-refractivity contribution in [1.82, 2.24) is 0 Å². The smallest absolute Gasteiger partial charge is 0 e. The largest absolute Gasteiger partial charge is 0 e. The monoisotopic (exact) mass is 563 g/mol. The number of hydrogen-bond acceptors (Lipinski definition) is 3. The Morgan fingerprint density at radius 2 is 1.24 bits per heavy atom. The summed E-state index contributed by atoms with van der Waals surface area (Å²) in [6.07, 6.45) is 10.3. The van der Waals surface area contributed by atoms with Crippen LogP contribution >= 0.6 is 0 Å². The number of aliphatic imine (C=N–C) groups is 1. The van der Waals surface area contributed by atoms with Crippen LogP contribution in [0.5, 0.6) is 0 Å².